The molecule has 2 rings (SSSR count). The van der Waals surface area contributed by atoms with Crippen molar-refractivity contribution in [3.05, 3.63) is 63.9 Å². The number of rotatable bonds is 4. The van der Waals surface area contributed by atoms with Gasteiger partial charge in [0.15, 0.2) is 0 Å². The third-order valence-electron chi connectivity index (χ3n) is 2.90. The van der Waals surface area contributed by atoms with E-state index in [9.17, 15) is 9.50 Å². The summed E-state index contributed by atoms with van der Waals surface area (Å²) in [4.78, 5) is 0. The van der Waals surface area contributed by atoms with Crippen LogP contribution in [-0.2, 0) is 13.2 Å². The summed E-state index contributed by atoms with van der Waals surface area (Å²) in [5, 5.41) is 9.67. The van der Waals surface area contributed by atoms with E-state index in [0.717, 1.165) is 11.1 Å². The Labute approximate surface area is 116 Å². The number of hydrogen-bond donors (Lipinski definition) is 1. The van der Waals surface area contributed by atoms with Gasteiger partial charge in [0.05, 0.1) is 11.6 Å². The number of para-hydroxylation sites is 1. The number of hydrogen-bond acceptors (Lipinski definition) is 2. The second-order valence-corrected chi connectivity index (χ2v) is 4.65. The molecule has 1 N–H and O–H groups in total. The molecule has 0 aliphatic carbocycles. The van der Waals surface area contributed by atoms with E-state index in [1.54, 1.807) is 24.3 Å². The van der Waals surface area contributed by atoms with Crippen LogP contribution in [-0.4, -0.2) is 5.11 Å². The molecule has 100 valence electrons. The lowest BCUT2D eigenvalue weighted by molar-refractivity contribution is 0.258. The first-order valence-corrected chi connectivity index (χ1v) is 6.25. The van der Waals surface area contributed by atoms with E-state index in [0.29, 0.717) is 16.3 Å². The van der Waals surface area contributed by atoms with Crippen molar-refractivity contribution in [1.29, 1.82) is 0 Å². The molecule has 2 nitrogen and oxygen atoms in total. The van der Waals surface area contributed by atoms with Crippen molar-refractivity contribution < 1.29 is 14.2 Å². The first-order valence-electron chi connectivity index (χ1n) is 5.88. The number of ether oxygens (including phenoxy) is 1. The summed E-state index contributed by atoms with van der Waals surface area (Å²) in [6.07, 6.45) is 0. The topological polar surface area (TPSA) is 29.5 Å². The highest BCUT2D eigenvalue weighted by Gasteiger charge is 2.09. The third-order valence-corrected chi connectivity index (χ3v) is 3.20. The fraction of sp³-hybridized carbons (Fsp3) is 0.200. The van der Waals surface area contributed by atoms with Crippen LogP contribution in [0.15, 0.2) is 36.4 Å². The maximum absolute atomic E-state index is 13.2. The first kappa shape index (κ1) is 13.8. The highest BCUT2D eigenvalue weighted by atomic mass is 35.5. The van der Waals surface area contributed by atoms with E-state index in [1.807, 2.05) is 6.92 Å². The van der Waals surface area contributed by atoms with E-state index >= 15 is 0 Å². The van der Waals surface area contributed by atoms with Crippen LogP contribution < -0.4 is 4.74 Å². The average Bonchev–Trinajstić information content (AvgIpc) is 2.40. The van der Waals surface area contributed by atoms with Gasteiger partial charge in [0.1, 0.15) is 18.2 Å². The van der Waals surface area contributed by atoms with Gasteiger partial charge in [-0.25, -0.2) is 4.39 Å². The minimum Gasteiger partial charge on any atom is -0.487 e. The molecule has 2 aromatic rings. The first-order chi connectivity index (χ1) is 9.11. The molecule has 0 spiro atoms. The van der Waals surface area contributed by atoms with Crippen LogP contribution in [0.25, 0.3) is 0 Å². The summed E-state index contributed by atoms with van der Waals surface area (Å²) >= 11 is 6.04. The molecule has 4 heteroatoms. The third kappa shape index (κ3) is 3.25. The summed E-state index contributed by atoms with van der Waals surface area (Å²) in [7, 11) is 0. The fourth-order valence-corrected chi connectivity index (χ4v) is 2.03. The normalized spacial score (nSPS) is 10.5. The summed E-state index contributed by atoms with van der Waals surface area (Å²) < 4.78 is 18.8. The highest BCUT2D eigenvalue weighted by molar-refractivity contribution is 6.32. The van der Waals surface area contributed by atoms with E-state index in [2.05, 4.69) is 0 Å². The van der Waals surface area contributed by atoms with Crippen molar-refractivity contribution >= 4 is 11.6 Å². The zero-order valence-corrected chi connectivity index (χ0v) is 11.2. The lowest BCUT2D eigenvalue weighted by Crippen LogP contribution is -2.01. The molecular weight excluding hydrogens is 267 g/mol. The van der Waals surface area contributed by atoms with Crippen LogP contribution in [0.3, 0.4) is 0 Å². The SMILES string of the molecule is Cc1ccc(F)cc1COc1c(Cl)cccc1CO. The second kappa shape index (κ2) is 6.04. The molecule has 0 saturated carbocycles. The van der Waals surface area contributed by atoms with Gasteiger partial charge >= 0.3 is 0 Å². The molecule has 0 heterocycles. The standard InChI is InChI=1S/C15H14ClFO2/c1-10-5-6-13(17)7-12(10)9-19-15-11(8-18)3-2-4-14(15)16/h2-7,18H,8-9H2,1H3. The van der Waals surface area contributed by atoms with Gasteiger partial charge in [0.2, 0.25) is 0 Å². The van der Waals surface area contributed by atoms with Gasteiger partial charge in [-0.15, -0.1) is 0 Å². The molecule has 0 aliphatic heterocycles. The highest BCUT2D eigenvalue weighted by Crippen LogP contribution is 2.29. The van der Waals surface area contributed by atoms with Crippen LogP contribution in [0.2, 0.25) is 5.02 Å². The van der Waals surface area contributed by atoms with E-state index in [1.165, 1.54) is 12.1 Å². The van der Waals surface area contributed by atoms with Crippen molar-refractivity contribution in [3.63, 3.8) is 0 Å². The Bertz CT molecular complexity index is 584. The van der Waals surface area contributed by atoms with Crippen molar-refractivity contribution in [2.45, 2.75) is 20.1 Å². The van der Waals surface area contributed by atoms with Gasteiger partial charge in [-0.2, -0.15) is 0 Å². The zero-order valence-electron chi connectivity index (χ0n) is 10.5. The molecular formula is C15H14ClFO2. The van der Waals surface area contributed by atoms with Crippen LogP contribution in [0.4, 0.5) is 4.39 Å². The molecule has 0 bridgehead atoms. The summed E-state index contributed by atoms with van der Waals surface area (Å²) in [6.45, 7) is 1.94. The van der Waals surface area contributed by atoms with Gasteiger partial charge in [-0.3, -0.25) is 0 Å². The number of benzene rings is 2. The number of aliphatic hydroxyl groups excluding tert-OH is 1. The van der Waals surface area contributed by atoms with E-state index in [-0.39, 0.29) is 19.0 Å². The van der Waals surface area contributed by atoms with Gasteiger partial charge in [-0.1, -0.05) is 29.8 Å². The van der Waals surface area contributed by atoms with Crippen molar-refractivity contribution in [3.8, 4) is 5.75 Å². The molecule has 19 heavy (non-hydrogen) atoms. The minimum atomic E-state index is -0.300. The predicted octanol–water partition coefficient (Wildman–Crippen LogP) is 3.86. The number of halogens is 2. The minimum absolute atomic E-state index is 0.155. The molecule has 0 atom stereocenters. The Hall–Kier alpha value is -1.58. The maximum atomic E-state index is 13.2. The molecule has 0 aliphatic rings. The van der Waals surface area contributed by atoms with Gasteiger partial charge in [0.25, 0.3) is 0 Å². The molecule has 0 radical (unpaired) electrons. The van der Waals surface area contributed by atoms with Crippen LogP contribution in [0.1, 0.15) is 16.7 Å². The Kier molecular flexibility index (Phi) is 4.40. The fourth-order valence-electron chi connectivity index (χ4n) is 1.79. The zero-order chi connectivity index (χ0) is 13.8. The number of aliphatic hydroxyl groups is 1. The van der Waals surface area contributed by atoms with Crippen LogP contribution in [0, 0.1) is 12.7 Å². The Morgan fingerprint density at radius 2 is 2.00 bits per heavy atom. The largest absolute Gasteiger partial charge is 0.487 e. The van der Waals surface area contributed by atoms with E-state index in [4.69, 9.17) is 16.3 Å². The smallest absolute Gasteiger partial charge is 0.143 e. The second-order valence-electron chi connectivity index (χ2n) is 4.25. The summed E-state index contributed by atoms with van der Waals surface area (Å²) in [5.74, 6) is 0.140. The lowest BCUT2D eigenvalue weighted by Gasteiger charge is -2.13. The number of aryl methyl sites for hydroxylation is 1. The lowest BCUT2D eigenvalue weighted by atomic mass is 10.1. The van der Waals surface area contributed by atoms with Gasteiger partial charge in [0, 0.05) is 5.56 Å². The molecule has 0 unspecified atom stereocenters. The van der Waals surface area contributed by atoms with E-state index < -0.39 is 0 Å². The van der Waals surface area contributed by atoms with Crippen molar-refractivity contribution in [2.75, 3.05) is 0 Å². The maximum Gasteiger partial charge on any atom is 0.143 e. The summed E-state index contributed by atoms with van der Waals surface area (Å²) in [5.41, 5.74) is 2.31. The van der Waals surface area contributed by atoms with Crippen LogP contribution in [0.5, 0.6) is 5.75 Å². The monoisotopic (exact) mass is 280 g/mol. The summed E-state index contributed by atoms with van der Waals surface area (Å²) in [6, 6.07) is 9.72. The van der Waals surface area contributed by atoms with Gasteiger partial charge in [-0.05, 0) is 36.2 Å². The Morgan fingerprint density at radius 1 is 1.21 bits per heavy atom. The molecule has 2 aromatic carbocycles. The predicted molar refractivity (Wildman–Crippen MR) is 72.8 cm³/mol. The quantitative estimate of drug-likeness (QED) is 0.921. The van der Waals surface area contributed by atoms with Crippen molar-refractivity contribution in [1.82, 2.24) is 0 Å². The molecule has 0 amide bonds. The average molecular weight is 281 g/mol. The Balaban J connectivity index is 2.21. The van der Waals surface area contributed by atoms with Gasteiger partial charge < -0.3 is 9.84 Å². The Morgan fingerprint density at radius 3 is 2.74 bits per heavy atom. The molecule has 0 fully saturated rings. The molecule has 0 aromatic heterocycles. The van der Waals surface area contributed by atoms with Crippen molar-refractivity contribution in [2.24, 2.45) is 0 Å². The molecule has 0 saturated heterocycles. The van der Waals surface area contributed by atoms with Crippen LogP contribution >= 0.6 is 11.6 Å².